The summed E-state index contributed by atoms with van der Waals surface area (Å²) in [5.41, 5.74) is 4.45. The van der Waals surface area contributed by atoms with E-state index in [-0.39, 0.29) is 6.04 Å². The van der Waals surface area contributed by atoms with E-state index in [1.165, 1.54) is 4.57 Å². The molecule has 0 radical (unpaired) electrons. The van der Waals surface area contributed by atoms with Crippen LogP contribution in [0, 0.1) is 5.95 Å². The second-order valence-electron chi connectivity index (χ2n) is 4.48. The van der Waals surface area contributed by atoms with Gasteiger partial charge < -0.3 is 10.3 Å². The van der Waals surface area contributed by atoms with E-state index in [0.29, 0.717) is 10.9 Å². The summed E-state index contributed by atoms with van der Waals surface area (Å²) in [5, 5.41) is 0.333. The van der Waals surface area contributed by atoms with Gasteiger partial charge >= 0.3 is 0 Å². The summed E-state index contributed by atoms with van der Waals surface area (Å²) >= 11 is 0. The first kappa shape index (κ1) is 11.0. The van der Waals surface area contributed by atoms with E-state index in [0.717, 1.165) is 12.8 Å². The summed E-state index contributed by atoms with van der Waals surface area (Å²) in [6, 6.07) is 6.72. The van der Waals surface area contributed by atoms with Gasteiger partial charge in [0.2, 0.25) is 11.4 Å². The number of amides is 1. The second-order valence-corrected chi connectivity index (χ2v) is 4.48. The molecule has 5 heteroatoms. The smallest absolute Gasteiger partial charge is 0.257 e. The van der Waals surface area contributed by atoms with Crippen LogP contribution in [0.2, 0.25) is 0 Å². The summed E-state index contributed by atoms with van der Waals surface area (Å²) < 4.78 is 15.7. The molecule has 1 heterocycles. The topological polar surface area (TPSA) is 65.1 Å². The Kier molecular flexibility index (Phi) is 2.23. The fourth-order valence-electron chi connectivity index (χ4n) is 2.23. The van der Waals surface area contributed by atoms with Crippen LogP contribution in [0.15, 0.2) is 29.1 Å². The summed E-state index contributed by atoms with van der Waals surface area (Å²) in [4.78, 5) is 23.3. The molecule has 1 saturated carbocycles. The first-order valence-corrected chi connectivity index (χ1v) is 5.74. The summed E-state index contributed by atoms with van der Waals surface area (Å²) in [6.07, 6.45) is 1.70. The first-order valence-electron chi connectivity index (χ1n) is 5.74. The van der Waals surface area contributed by atoms with Crippen molar-refractivity contribution in [3.8, 4) is 0 Å². The van der Waals surface area contributed by atoms with Gasteiger partial charge in [0.15, 0.2) is 0 Å². The van der Waals surface area contributed by atoms with E-state index >= 15 is 0 Å². The quantitative estimate of drug-likeness (QED) is 0.817. The summed E-state index contributed by atoms with van der Waals surface area (Å²) in [7, 11) is 0. The SMILES string of the molecule is NC(=O)c1c(F)n(C2CC2)c2ccccc2c1=O. The number of aromatic nitrogens is 1. The highest BCUT2D eigenvalue weighted by molar-refractivity contribution is 5.96. The minimum atomic E-state index is -1.02. The molecule has 0 saturated heterocycles. The number of rotatable bonds is 2. The van der Waals surface area contributed by atoms with Crippen LogP contribution in [0.4, 0.5) is 4.39 Å². The van der Waals surface area contributed by atoms with Gasteiger partial charge in [0.1, 0.15) is 5.56 Å². The van der Waals surface area contributed by atoms with E-state index in [1.54, 1.807) is 24.3 Å². The highest BCUT2D eigenvalue weighted by atomic mass is 19.1. The molecule has 92 valence electrons. The Hall–Kier alpha value is -2.17. The zero-order valence-electron chi connectivity index (χ0n) is 9.52. The predicted octanol–water partition coefficient (Wildman–Crippen LogP) is 1.57. The number of fused-ring (bicyclic) bond motifs is 1. The zero-order chi connectivity index (χ0) is 12.9. The molecule has 0 aliphatic heterocycles. The lowest BCUT2D eigenvalue weighted by molar-refractivity contribution is 0.0993. The molecule has 3 rings (SSSR count). The van der Waals surface area contributed by atoms with E-state index in [1.807, 2.05) is 0 Å². The molecule has 4 nitrogen and oxygen atoms in total. The Balaban J connectivity index is 2.51. The van der Waals surface area contributed by atoms with Crippen molar-refractivity contribution in [2.45, 2.75) is 18.9 Å². The van der Waals surface area contributed by atoms with Crippen LogP contribution >= 0.6 is 0 Å². The van der Waals surface area contributed by atoms with Crippen LogP contribution < -0.4 is 11.2 Å². The van der Waals surface area contributed by atoms with Crippen molar-refractivity contribution in [2.24, 2.45) is 5.73 Å². The van der Waals surface area contributed by atoms with Crippen LogP contribution in [-0.2, 0) is 0 Å². The van der Waals surface area contributed by atoms with Crippen molar-refractivity contribution in [1.29, 1.82) is 0 Å². The Morgan fingerprint density at radius 3 is 2.61 bits per heavy atom. The maximum Gasteiger partial charge on any atom is 0.257 e. The predicted molar refractivity (Wildman–Crippen MR) is 65.0 cm³/mol. The number of hydrogen-bond donors (Lipinski definition) is 1. The molecule has 1 amide bonds. The van der Waals surface area contributed by atoms with Gasteiger partial charge in [-0.3, -0.25) is 9.59 Å². The Morgan fingerprint density at radius 1 is 1.33 bits per heavy atom. The maximum absolute atomic E-state index is 14.3. The largest absolute Gasteiger partial charge is 0.365 e. The van der Waals surface area contributed by atoms with Gasteiger partial charge in [-0.25, -0.2) is 0 Å². The fraction of sp³-hybridized carbons (Fsp3) is 0.231. The molecule has 0 bridgehead atoms. The van der Waals surface area contributed by atoms with Crippen molar-refractivity contribution < 1.29 is 9.18 Å². The van der Waals surface area contributed by atoms with Crippen molar-refractivity contribution in [3.63, 3.8) is 0 Å². The lowest BCUT2D eigenvalue weighted by Gasteiger charge is -2.13. The third-order valence-electron chi connectivity index (χ3n) is 3.21. The number of pyridine rings is 1. The molecule has 1 aromatic heterocycles. The zero-order valence-corrected chi connectivity index (χ0v) is 9.52. The van der Waals surface area contributed by atoms with Crippen LogP contribution in [0.1, 0.15) is 29.2 Å². The number of hydrogen-bond acceptors (Lipinski definition) is 2. The Bertz CT molecular complexity index is 717. The molecule has 1 aliphatic rings. The van der Waals surface area contributed by atoms with Crippen molar-refractivity contribution in [2.75, 3.05) is 0 Å². The Morgan fingerprint density at radius 2 is 2.00 bits per heavy atom. The molecule has 18 heavy (non-hydrogen) atoms. The van der Waals surface area contributed by atoms with E-state index < -0.39 is 22.8 Å². The lowest BCUT2D eigenvalue weighted by atomic mass is 10.1. The van der Waals surface area contributed by atoms with Crippen LogP contribution in [-0.4, -0.2) is 10.5 Å². The number of primary amides is 1. The molecule has 0 unspecified atom stereocenters. The number of carbonyl (C=O) groups is 1. The molecule has 1 aliphatic carbocycles. The normalized spacial score (nSPS) is 14.9. The van der Waals surface area contributed by atoms with E-state index in [2.05, 4.69) is 0 Å². The van der Waals surface area contributed by atoms with Gasteiger partial charge in [-0.2, -0.15) is 4.39 Å². The van der Waals surface area contributed by atoms with Crippen LogP contribution in [0.25, 0.3) is 10.9 Å². The van der Waals surface area contributed by atoms with E-state index in [4.69, 9.17) is 5.73 Å². The number of halogens is 1. The number of para-hydroxylation sites is 1. The third-order valence-corrected chi connectivity index (χ3v) is 3.21. The highest BCUT2D eigenvalue weighted by Crippen LogP contribution is 2.38. The molecular formula is C13H11FN2O2. The van der Waals surface area contributed by atoms with Crippen LogP contribution in [0.3, 0.4) is 0 Å². The van der Waals surface area contributed by atoms with Gasteiger partial charge in [-0.05, 0) is 25.0 Å². The second kappa shape index (κ2) is 3.66. The lowest BCUT2D eigenvalue weighted by Crippen LogP contribution is -2.27. The maximum atomic E-state index is 14.3. The first-order chi connectivity index (χ1) is 8.61. The highest BCUT2D eigenvalue weighted by Gasteiger charge is 2.30. The molecule has 0 atom stereocenters. The number of carbonyl (C=O) groups excluding carboxylic acids is 1. The monoisotopic (exact) mass is 246 g/mol. The summed E-state index contributed by atoms with van der Waals surface area (Å²) in [5.74, 6) is -1.83. The molecular weight excluding hydrogens is 235 g/mol. The van der Waals surface area contributed by atoms with Gasteiger partial charge in [-0.15, -0.1) is 0 Å². The van der Waals surface area contributed by atoms with Gasteiger partial charge in [-0.1, -0.05) is 12.1 Å². The number of benzene rings is 1. The Labute approximate surface area is 102 Å². The van der Waals surface area contributed by atoms with Crippen LogP contribution in [0.5, 0.6) is 0 Å². The number of nitrogens with zero attached hydrogens (tertiary/aromatic N) is 1. The van der Waals surface area contributed by atoms with Crippen molar-refractivity contribution in [3.05, 3.63) is 46.0 Å². The average molecular weight is 246 g/mol. The number of nitrogens with two attached hydrogens (primary N) is 1. The molecule has 2 aromatic rings. The summed E-state index contributed by atoms with van der Waals surface area (Å²) in [6.45, 7) is 0. The van der Waals surface area contributed by atoms with Crippen molar-refractivity contribution >= 4 is 16.8 Å². The molecule has 2 N–H and O–H groups in total. The third kappa shape index (κ3) is 1.44. The minimum absolute atomic E-state index is 0.0219. The van der Waals surface area contributed by atoms with E-state index in [9.17, 15) is 14.0 Å². The van der Waals surface area contributed by atoms with Gasteiger partial charge in [0.05, 0.1) is 5.52 Å². The molecule has 1 aromatic carbocycles. The molecule has 1 fully saturated rings. The average Bonchev–Trinajstić information content (AvgIpc) is 3.13. The fourth-order valence-corrected chi connectivity index (χ4v) is 2.23. The minimum Gasteiger partial charge on any atom is -0.365 e. The standard InChI is InChI=1S/C13H11FN2O2/c14-12-10(13(15)18)11(17)8-3-1-2-4-9(8)16(12)7-5-6-7/h1-4,7H,5-6H2,(H2,15,18). The molecule has 0 spiro atoms. The van der Waals surface area contributed by atoms with Crippen molar-refractivity contribution in [1.82, 2.24) is 4.57 Å². The van der Waals surface area contributed by atoms with Gasteiger partial charge in [0, 0.05) is 11.4 Å². The van der Waals surface area contributed by atoms with Gasteiger partial charge in [0.25, 0.3) is 5.91 Å².